The molecule has 4 heterocycles. The molecular weight excluding hydrogens is 761 g/mol. The van der Waals surface area contributed by atoms with E-state index in [1.54, 1.807) is 41.5 Å². The first kappa shape index (κ1) is 43.9. The van der Waals surface area contributed by atoms with Crippen molar-refractivity contribution in [1.29, 1.82) is 0 Å². The number of H-pyrrole nitrogens is 2. The first-order chi connectivity index (χ1) is 28.3. The molecule has 2 aliphatic heterocycles. The topological polar surface area (TPSA) is 175 Å². The number of aromatic nitrogens is 4. The van der Waals surface area contributed by atoms with Gasteiger partial charge in [0.2, 0.25) is 11.8 Å². The summed E-state index contributed by atoms with van der Waals surface area (Å²) in [4.78, 5) is 72.8. The zero-order valence-electron chi connectivity index (χ0n) is 36.7. The van der Waals surface area contributed by atoms with Crippen molar-refractivity contribution in [3.05, 3.63) is 72.6 Å². The molecule has 4 aromatic rings. The first-order valence-electron chi connectivity index (χ1n) is 21.2. The minimum atomic E-state index is -0.714. The highest BCUT2D eigenvalue weighted by atomic mass is 16.6. The number of carbonyl (C=O) groups is 4. The number of aromatic amines is 2. The summed E-state index contributed by atoms with van der Waals surface area (Å²) in [5.74, 6) is 0.911. The summed E-state index contributed by atoms with van der Waals surface area (Å²) in [6.45, 7) is 19.6. The van der Waals surface area contributed by atoms with Crippen LogP contribution in [-0.4, -0.2) is 90.1 Å². The third-order valence-corrected chi connectivity index (χ3v) is 10.8. The highest BCUT2D eigenvalue weighted by Crippen LogP contribution is 2.35. The number of hydrogen-bond donors (Lipinski definition) is 4. The van der Waals surface area contributed by atoms with E-state index in [1.165, 1.54) is 0 Å². The number of hydrogen-bond acceptors (Lipinski definition) is 8. The molecule has 14 heteroatoms. The lowest BCUT2D eigenvalue weighted by molar-refractivity contribution is -0.136. The lowest BCUT2D eigenvalue weighted by atomic mass is 10.0. The number of likely N-dealkylation sites (tertiary alicyclic amines) is 2. The van der Waals surface area contributed by atoms with Crippen LogP contribution in [0.25, 0.3) is 33.6 Å². The molecule has 60 heavy (non-hydrogen) atoms. The average Bonchev–Trinajstić information content (AvgIpc) is 4.01. The van der Waals surface area contributed by atoms with E-state index in [-0.39, 0.29) is 35.7 Å². The Balaban J connectivity index is 1.09. The number of imidazole rings is 2. The minimum absolute atomic E-state index is 0.126. The van der Waals surface area contributed by atoms with E-state index in [2.05, 4.69) is 69.1 Å². The van der Waals surface area contributed by atoms with Gasteiger partial charge < -0.3 is 39.9 Å². The Hall–Kier alpha value is -5.66. The second-order valence-electron chi connectivity index (χ2n) is 18.6. The number of benzene rings is 2. The molecule has 2 aromatic heterocycles. The second-order valence-corrected chi connectivity index (χ2v) is 18.6. The van der Waals surface area contributed by atoms with Crippen molar-refractivity contribution in [3.8, 4) is 33.6 Å². The van der Waals surface area contributed by atoms with Crippen LogP contribution < -0.4 is 10.6 Å². The number of nitrogens with zero attached hydrogens (tertiary/aromatic N) is 4. The molecule has 2 fully saturated rings. The van der Waals surface area contributed by atoms with Gasteiger partial charge in [0, 0.05) is 13.1 Å². The molecule has 14 nitrogen and oxygen atoms in total. The highest BCUT2D eigenvalue weighted by molar-refractivity contribution is 5.87. The van der Waals surface area contributed by atoms with Gasteiger partial charge in [-0.3, -0.25) is 9.59 Å². The van der Waals surface area contributed by atoms with Gasteiger partial charge in [-0.25, -0.2) is 19.6 Å². The van der Waals surface area contributed by atoms with E-state index >= 15 is 0 Å². The van der Waals surface area contributed by atoms with Crippen LogP contribution in [0.15, 0.2) is 60.9 Å². The van der Waals surface area contributed by atoms with E-state index < -0.39 is 35.5 Å². The van der Waals surface area contributed by atoms with Gasteiger partial charge >= 0.3 is 12.2 Å². The predicted molar refractivity (Wildman–Crippen MR) is 230 cm³/mol. The van der Waals surface area contributed by atoms with Gasteiger partial charge in [0.1, 0.15) is 34.9 Å². The molecule has 4 unspecified atom stereocenters. The Labute approximate surface area is 353 Å². The Kier molecular flexibility index (Phi) is 13.1. The first-order valence-corrected chi connectivity index (χ1v) is 21.2. The zero-order chi connectivity index (χ0) is 43.5. The standard InChI is InChI=1S/C46H62N8O6/c1-27(2)37(51-43(57)59-45(5,6)7)41(55)53-23-11-13-35(53)39-47-25-33(49-39)31-19-15-29(16-20-31)30-17-21-32(22-18-30)34-26-48-40(50-34)36-14-12-24-54(36)42(56)38(28(3)4)52-44(58)60-46(8,9)10/h15-22,25-28,35-38H,11-14,23-24H2,1-10H3,(H,47,49)(H,48,50)(H,51,57)(H,52,58). The van der Waals surface area contributed by atoms with E-state index in [0.717, 1.165) is 71.0 Å². The van der Waals surface area contributed by atoms with Gasteiger partial charge in [-0.15, -0.1) is 0 Å². The van der Waals surface area contributed by atoms with Crippen LogP contribution >= 0.6 is 0 Å². The fourth-order valence-electron chi connectivity index (χ4n) is 7.87. The summed E-state index contributed by atoms with van der Waals surface area (Å²) in [5.41, 5.74) is 4.44. The summed E-state index contributed by atoms with van der Waals surface area (Å²) in [5, 5.41) is 5.60. The van der Waals surface area contributed by atoms with Crippen molar-refractivity contribution in [2.75, 3.05) is 13.1 Å². The molecule has 6 rings (SSSR count). The molecule has 0 bridgehead atoms. The minimum Gasteiger partial charge on any atom is -0.444 e. The number of rotatable bonds is 11. The second kappa shape index (κ2) is 17.9. The quantitative estimate of drug-likeness (QED) is 0.116. The molecule has 2 saturated heterocycles. The molecule has 2 aliphatic rings. The molecule has 0 saturated carbocycles. The summed E-state index contributed by atoms with van der Waals surface area (Å²) in [6.07, 6.45) is 5.64. The zero-order valence-corrected chi connectivity index (χ0v) is 36.7. The van der Waals surface area contributed by atoms with Crippen molar-refractivity contribution < 1.29 is 28.7 Å². The van der Waals surface area contributed by atoms with Crippen LogP contribution in [0.2, 0.25) is 0 Å². The third kappa shape index (κ3) is 10.6. The van der Waals surface area contributed by atoms with Crippen LogP contribution in [0.5, 0.6) is 0 Å². The van der Waals surface area contributed by atoms with Crippen molar-refractivity contribution in [3.63, 3.8) is 0 Å². The largest absolute Gasteiger partial charge is 0.444 e. The van der Waals surface area contributed by atoms with Crippen molar-refractivity contribution in [2.24, 2.45) is 11.8 Å². The van der Waals surface area contributed by atoms with Gasteiger partial charge in [0.15, 0.2) is 0 Å². The van der Waals surface area contributed by atoms with Gasteiger partial charge in [0.05, 0.1) is 35.9 Å². The van der Waals surface area contributed by atoms with Crippen LogP contribution in [0, 0.1) is 11.8 Å². The Morgan fingerprint density at radius 1 is 0.600 bits per heavy atom. The number of nitrogens with one attached hydrogen (secondary N) is 4. The molecule has 0 spiro atoms. The summed E-state index contributed by atoms with van der Waals surface area (Å²) < 4.78 is 10.9. The summed E-state index contributed by atoms with van der Waals surface area (Å²) in [6, 6.07) is 14.7. The maximum absolute atomic E-state index is 13.8. The molecule has 322 valence electrons. The fraction of sp³-hybridized carbons (Fsp3) is 0.522. The van der Waals surface area contributed by atoms with Crippen LogP contribution in [0.3, 0.4) is 0 Å². The third-order valence-electron chi connectivity index (χ3n) is 10.8. The maximum atomic E-state index is 13.8. The van der Waals surface area contributed by atoms with E-state index in [4.69, 9.17) is 19.4 Å². The van der Waals surface area contributed by atoms with Crippen LogP contribution in [0.4, 0.5) is 9.59 Å². The SMILES string of the molecule is CC(C)C(NC(=O)OC(C)(C)C)C(=O)N1CCCC1c1ncc(-c2ccc(-c3ccc(-c4cnc(C5CCCN5C(=O)C(NC(=O)OC(C)(C)C)C(C)C)[nH]4)cc3)cc2)[nH]1. The molecular formula is C46H62N8O6. The molecule has 0 aliphatic carbocycles. The smallest absolute Gasteiger partial charge is 0.408 e. The Bertz CT molecular complexity index is 1970. The maximum Gasteiger partial charge on any atom is 0.408 e. The van der Waals surface area contributed by atoms with Crippen molar-refractivity contribution >= 4 is 24.0 Å². The number of amides is 4. The predicted octanol–water partition coefficient (Wildman–Crippen LogP) is 8.56. The fourth-order valence-corrected chi connectivity index (χ4v) is 7.87. The number of carbonyl (C=O) groups excluding carboxylic acids is 4. The molecule has 0 radical (unpaired) electrons. The summed E-state index contributed by atoms with van der Waals surface area (Å²) >= 11 is 0. The Morgan fingerprint density at radius 3 is 1.25 bits per heavy atom. The van der Waals surface area contributed by atoms with E-state index in [9.17, 15) is 19.2 Å². The van der Waals surface area contributed by atoms with Crippen LogP contribution in [0.1, 0.15) is 119 Å². The van der Waals surface area contributed by atoms with Gasteiger partial charge in [-0.2, -0.15) is 0 Å². The number of alkyl carbamates (subject to hydrolysis) is 2. The monoisotopic (exact) mass is 822 g/mol. The van der Waals surface area contributed by atoms with Crippen LogP contribution in [-0.2, 0) is 19.1 Å². The lowest BCUT2D eigenvalue weighted by Gasteiger charge is -2.31. The molecule has 4 atom stereocenters. The van der Waals surface area contributed by atoms with Gasteiger partial charge in [-0.1, -0.05) is 76.2 Å². The van der Waals surface area contributed by atoms with E-state index in [0.29, 0.717) is 13.1 Å². The van der Waals surface area contributed by atoms with Crippen molar-refractivity contribution in [1.82, 2.24) is 40.4 Å². The normalized spacial score (nSPS) is 18.1. The summed E-state index contributed by atoms with van der Waals surface area (Å²) in [7, 11) is 0. The molecule has 4 N–H and O–H groups in total. The lowest BCUT2D eigenvalue weighted by Crippen LogP contribution is -2.52. The van der Waals surface area contributed by atoms with Gasteiger partial charge in [0.25, 0.3) is 0 Å². The average molecular weight is 823 g/mol. The Morgan fingerprint density at radius 2 is 0.933 bits per heavy atom. The van der Waals surface area contributed by atoms with Crippen molar-refractivity contribution in [2.45, 2.75) is 130 Å². The highest BCUT2D eigenvalue weighted by Gasteiger charge is 2.39. The van der Waals surface area contributed by atoms with E-state index in [1.807, 2.05) is 49.9 Å². The number of ether oxygens (including phenoxy) is 2. The molecule has 2 aromatic carbocycles. The molecule has 4 amide bonds. The van der Waals surface area contributed by atoms with Gasteiger partial charge in [-0.05, 0) is 101 Å².